The van der Waals surface area contributed by atoms with E-state index in [1.54, 1.807) is 0 Å². The highest BCUT2D eigenvalue weighted by atomic mass is 14.9. The third-order valence-electron chi connectivity index (χ3n) is 1.67. The summed E-state index contributed by atoms with van der Waals surface area (Å²) in [4.78, 5) is 7.42. The Kier molecular flexibility index (Phi) is 3.14. The van der Waals surface area contributed by atoms with Crippen LogP contribution in [0.15, 0.2) is 6.20 Å². The number of nitrogens with zero attached hydrogens (tertiary/aromatic N) is 1. The number of hydrogen-bond acceptors (Lipinski definition) is 1. The molecule has 0 aliphatic rings. The van der Waals surface area contributed by atoms with Crippen molar-refractivity contribution < 1.29 is 0 Å². The SMILES string of the molecule is [CH2]CCCCc1ncc(C)[nH]1. The van der Waals surface area contributed by atoms with Crippen molar-refractivity contribution in [3.63, 3.8) is 0 Å². The Morgan fingerprint density at radius 2 is 2.36 bits per heavy atom. The lowest BCUT2D eigenvalue weighted by Gasteiger charge is -1.93. The fraction of sp³-hybridized carbons (Fsp3) is 0.556. The molecule has 0 saturated carbocycles. The predicted molar refractivity (Wildman–Crippen MR) is 46.2 cm³/mol. The Morgan fingerprint density at radius 3 is 2.91 bits per heavy atom. The number of aromatic amines is 1. The molecule has 0 amide bonds. The maximum Gasteiger partial charge on any atom is 0.106 e. The van der Waals surface area contributed by atoms with E-state index in [2.05, 4.69) is 16.9 Å². The first-order valence-electron chi connectivity index (χ1n) is 4.12. The van der Waals surface area contributed by atoms with E-state index in [1.165, 1.54) is 12.8 Å². The van der Waals surface area contributed by atoms with E-state index in [0.717, 1.165) is 24.4 Å². The molecular weight excluding hydrogens is 136 g/mol. The topological polar surface area (TPSA) is 28.7 Å². The van der Waals surface area contributed by atoms with Gasteiger partial charge < -0.3 is 4.98 Å². The zero-order valence-electron chi connectivity index (χ0n) is 7.06. The molecule has 1 radical (unpaired) electrons. The van der Waals surface area contributed by atoms with Crippen LogP contribution >= 0.6 is 0 Å². The van der Waals surface area contributed by atoms with Crippen LogP contribution in [-0.4, -0.2) is 9.97 Å². The fourth-order valence-corrected chi connectivity index (χ4v) is 1.06. The molecular formula is C9H15N2. The zero-order chi connectivity index (χ0) is 8.10. The summed E-state index contributed by atoms with van der Waals surface area (Å²) >= 11 is 0. The second-order valence-electron chi connectivity index (χ2n) is 2.82. The van der Waals surface area contributed by atoms with Crippen LogP contribution in [0.25, 0.3) is 0 Å². The van der Waals surface area contributed by atoms with Crippen LogP contribution in [0.4, 0.5) is 0 Å². The molecule has 11 heavy (non-hydrogen) atoms. The van der Waals surface area contributed by atoms with Crippen LogP contribution in [0, 0.1) is 13.8 Å². The standard InChI is InChI=1S/C9H15N2/c1-3-4-5-6-9-10-7-8(2)11-9/h7H,1,3-6H2,2H3,(H,10,11). The van der Waals surface area contributed by atoms with E-state index >= 15 is 0 Å². The third kappa shape index (κ3) is 2.74. The van der Waals surface area contributed by atoms with E-state index in [1.807, 2.05) is 13.1 Å². The van der Waals surface area contributed by atoms with Crippen molar-refractivity contribution in [1.82, 2.24) is 9.97 Å². The van der Waals surface area contributed by atoms with Crippen molar-refractivity contribution in [3.8, 4) is 0 Å². The van der Waals surface area contributed by atoms with Crippen LogP contribution in [0.3, 0.4) is 0 Å². The minimum Gasteiger partial charge on any atom is -0.346 e. The molecule has 0 atom stereocenters. The largest absolute Gasteiger partial charge is 0.346 e. The van der Waals surface area contributed by atoms with E-state index in [-0.39, 0.29) is 0 Å². The average molecular weight is 151 g/mol. The molecule has 0 aromatic carbocycles. The first kappa shape index (κ1) is 8.31. The first-order valence-corrected chi connectivity index (χ1v) is 4.12. The lowest BCUT2D eigenvalue weighted by Crippen LogP contribution is -1.87. The summed E-state index contributed by atoms with van der Waals surface area (Å²) in [6.45, 7) is 5.82. The highest BCUT2D eigenvalue weighted by Gasteiger charge is 1.95. The monoisotopic (exact) mass is 151 g/mol. The van der Waals surface area contributed by atoms with Gasteiger partial charge in [0.15, 0.2) is 0 Å². The van der Waals surface area contributed by atoms with Crippen LogP contribution < -0.4 is 0 Å². The maximum atomic E-state index is 4.21. The Morgan fingerprint density at radius 1 is 1.55 bits per heavy atom. The van der Waals surface area contributed by atoms with Gasteiger partial charge in [-0.2, -0.15) is 0 Å². The summed E-state index contributed by atoms with van der Waals surface area (Å²) < 4.78 is 0. The Balaban J connectivity index is 2.27. The minimum absolute atomic E-state index is 1.03. The van der Waals surface area contributed by atoms with Gasteiger partial charge in [-0.25, -0.2) is 4.98 Å². The molecule has 1 N–H and O–H groups in total. The first-order chi connectivity index (χ1) is 5.33. The number of hydrogen-bond donors (Lipinski definition) is 1. The van der Waals surface area contributed by atoms with Crippen molar-refractivity contribution in [3.05, 3.63) is 24.6 Å². The smallest absolute Gasteiger partial charge is 0.106 e. The molecule has 0 aliphatic heterocycles. The number of aromatic nitrogens is 2. The molecule has 0 saturated heterocycles. The third-order valence-corrected chi connectivity index (χ3v) is 1.67. The molecule has 1 aromatic heterocycles. The van der Waals surface area contributed by atoms with E-state index in [0.29, 0.717) is 0 Å². The van der Waals surface area contributed by atoms with E-state index in [9.17, 15) is 0 Å². The van der Waals surface area contributed by atoms with Gasteiger partial charge in [0.2, 0.25) is 0 Å². The summed E-state index contributed by atoms with van der Waals surface area (Å²) in [5.41, 5.74) is 1.15. The van der Waals surface area contributed by atoms with Gasteiger partial charge in [-0.05, 0) is 13.3 Å². The van der Waals surface area contributed by atoms with Gasteiger partial charge in [-0.3, -0.25) is 0 Å². The van der Waals surface area contributed by atoms with Crippen molar-refractivity contribution in [2.75, 3.05) is 0 Å². The van der Waals surface area contributed by atoms with Gasteiger partial charge >= 0.3 is 0 Å². The van der Waals surface area contributed by atoms with E-state index in [4.69, 9.17) is 0 Å². The normalized spacial score (nSPS) is 10.4. The van der Waals surface area contributed by atoms with Crippen LogP contribution in [0.5, 0.6) is 0 Å². The number of H-pyrrole nitrogens is 1. The highest BCUT2D eigenvalue weighted by Crippen LogP contribution is 2.02. The van der Waals surface area contributed by atoms with Gasteiger partial charge in [0.1, 0.15) is 5.82 Å². The van der Waals surface area contributed by atoms with Crippen molar-refractivity contribution in [2.45, 2.75) is 32.6 Å². The van der Waals surface area contributed by atoms with Gasteiger partial charge in [0.05, 0.1) is 0 Å². The molecule has 2 nitrogen and oxygen atoms in total. The summed E-state index contributed by atoms with van der Waals surface area (Å²) in [6, 6.07) is 0. The number of imidazole rings is 1. The molecule has 1 aromatic rings. The Bertz CT molecular complexity index is 203. The number of unbranched alkanes of at least 4 members (excludes halogenated alkanes) is 2. The molecule has 1 heterocycles. The summed E-state index contributed by atoms with van der Waals surface area (Å²) in [6.07, 6.45) is 6.35. The van der Waals surface area contributed by atoms with Crippen LogP contribution in [0.1, 0.15) is 30.8 Å². The maximum absolute atomic E-state index is 4.21. The predicted octanol–water partition coefficient (Wildman–Crippen LogP) is 2.27. The molecule has 0 unspecified atom stereocenters. The quantitative estimate of drug-likeness (QED) is 0.657. The second-order valence-corrected chi connectivity index (χ2v) is 2.82. The van der Waals surface area contributed by atoms with Crippen molar-refractivity contribution in [2.24, 2.45) is 0 Å². The Hall–Kier alpha value is -0.790. The number of nitrogens with one attached hydrogen (secondary N) is 1. The minimum atomic E-state index is 1.03. The van der Waals surface area contributed by atoms with E-state index < -0.39 is 0 Å². The molecule has 0 spiro atoms. The van der Waals surface area contributed by atoms with Crippen molar-refractivity contribution in [1.29, 1.82) is 0 Å². The number of rotatable bonds is 4. The lowest BCUT2D eigenvalue weighted by molar-refractivity contribution is 0.722. The van der Waals surface area contributed by atoms with Gasteiger partial charge in [-0.1, -0.05) is 19.8 Å². The van der Waals surface area contributed by atoms with Gasteiger partial charge in [0.25, 0.3) is 0 Å². The summed E-state index contributed by atoms with van der Waals surface area (Å²) in [7, 11) is 0. The number of aryl methyl sites for hydroxylation is 2. The highest BCUT2D eigenvalue weighted by molar-refractivity contribution is 4.98. The van der Waals surface area contributed by atoms with Crippen LogP contribution in [-0.2, 0) is 6.42 Å². The van der Waals surface area contributed by atoms with Crippen LogP contribution in [0.2, 0.25) is 0 Å². The molecule has 1 rings (SSSR count). The molecule has 2 heteroatoms. The summed E-state index contributed by atoms with van der Waals surface area (Å²) in [5.74, 6) is 1.11. The lowest BCUT2D eigenvalue weighted by atomic mass is 10.2. The molecule has 0 aliphatic carbocycles. The fourth-order valence-electron chi connectivity index (χ4n) is 1.06. The van der Waals surface area contributed by atoms with Gasteiger partial charge in [-0.15, -0.1) is 0 Å². The average Bonchev–Trinajstić information content (AvgIpc) is 2.37. The Labute approximate surface area is 68.0 Å². The molecule has 61 valence electrons. The zero-order valence-corrected chi connectivity index (χ0v) is 7.06. The van der Waals surface area contributed by atoms with Crippen molar-refractivity contribution >= 4 is 0 Å². The molecule has 0 fully saturated rings. The van der Waals surface area contributed by atoms with Gasteiger partial charge in [0, 0.05) is 18.3 Å². The second kappa shape index (κ2) is 4.16. The summed E-state index contributed by atoms with van der Waals surface area (Å²) in [5, 5.41) is 0. The molecule has 0 bridgehead atoms.